The molecule has 1 atom stereocenters. The van der Waals surface area contributed by atoms with Gasteiger partial charge in [0, 0.05) is 30.8 Å². The molecule has 2 N–H and O–H groups in total. The van der Waals surface area contributed by atoms with Crippen LogP contribution >= 0.6 is 0 Å². The van der Waals surface area contributed by atoms with Crippen molar-refractivity contribution in [3.8, 4) is 17.3 Å². The number of amides is 1. The van der Waals surface area contributed by atoms with Crippen LogP contribution in [-0.2, 0) is 6.54 Å². The summed E-state index contributed by atoms with van der Waals surface area (Å²) in [5, 5.41) is 13.9. The lowest BCUT2D eigenvalue weighted by atomic mass is 9.83. The first-order valence-corrected chi connectivity index (χ1v) is 11.5. The van der Waals surface area contributed by atoms with Crippen LogP contribution in [0.3, 0.4) is 0 Å². The number of nitrogens with one attached hydrogen (secondary N) is 1. The van der Waals surface area contributed by atoms with Crippen LogP contribution in [0.4, 0.5) is 0 Å². The van der Waals surface area contributed by atoms with E-state index in [0.29, 0.717) is 23.8 Å². The maximum atomic E-state index is 13.0. The lowest BCUT2D eigenvalue weighted by molar-refractivity contribution is 0.0940. The third kappa shape index (κ3) is 3.41. The molecule has 1 saturated carbocycles. The van der Waals surface area contributed by atoms with E-state index in [1.54, 1.807) is 6.20 Å². The van der Waals surface area contributed by atoms with Gasteiger partial charge >= 0.3 is 0 Å². The van der Waals surface area contributed by atoms with Gasteiger partial charge in [-0.05, 0) is 24.0 Å². The van der Waals surface area contributed by atoms with Crippen molar-refractivity contribution in [3.63, 3.8) is 0 Å². The fourth-order valence-electron chi connectivity index (χ4n) is 4.95. The minimum atomic E-state index is -0.471. The van der Waals surface area contributed by atoms with Crippen molar-refractivity contribution in [1.82, 2.24) is 19.4 Å². The third-order valence-electron chi connectivity index (χ3n) is 6.74. The first kappa shape index (κ1) is 20.5. The number of hydrogen-bond acceptors (Lipinski definition) is 4. The van der Waals surface area contributed by atoms with E-state index < -0.39 is 5.43 Å². The number of fused-ring (bicyclic) bond motifs is 3. The fourth-order valence-corrected chi connectivity index (χ4v) is 4.95. The Bertz CT molecular complexity index is 1380. The van der Waals surface area contributed by atoms with Crippen LogP contribution in [0, 0.1) is 0 Å². The zero-order valence-corrected chi connectivity index (χ0v) is 18.5. The largest absolute Gasteiger partial charge is 0.503 e. The highest BCUT2D eigenvalue weighted by Crippen LogP contribution is 2.43. The van der Waals surface area contributed by atoms with Crippen molar-refractivity contribution in [3.05, 3.63) is 106 Å². The monoisotopic (exact) mass is 452 g/mol. The Labute approximate surface area is 196 Å². The molecule has 0 bridgehead atoms. The number of pyridine rings is 1. The number of benzene rings is 2. The Hall–Kier alpha value is -4.13. The molecule has 4 aromatic rings. The molecule has 6 rings (SSSR count). The lowest BCUT2D eigenvalue weighted by Gasteiger charge is -2.36. The zero-order valence-electron chi connectivity index (χ0n) is 18.5. The van der Waals surface area contributed by atoms with Gasteiger partial charge in [-0.25, -0.2) is 4.98 Å². The summed E-state index contributed by atoms with van der Waals surface area (Å²) in [5.41, 5.74) is 2.52. The second-order valence-electron chi connectivity index (χ2n) is 8.98. The second kappa shape index (κ2) is 8.02. The van der Waals surface area contributed by atoms with Gasteiger partial charge in [-0.15, -0.1) is 0 Å². The van der Waals surface area contributed by atoms with Crippen LogP contribution in [0.1, 0.15) is 46.4 Å². The molecule has 1 amide bonds. The molecule has 7 heteroatoms. The number of nitrogens with zero attached hydrogens (tertiary/aromatic N) is 3. The molecule has 2 aromatic heterocycles. The van der Waals surface area contributed by atoms with E-state index in [0.717, 1.165) is 24.0 Å². The molecule has 7 nitrogen and oxygen atoms in total. The molecule has 0 unspecified atom stereocenters. The summed E-state index contributed by atoms with van der Waals surface area (Å²) >= 11 is 0. The summed E-state index contributed by atoms with van der Waals surface area (Å²) < 4.78 is 3.78. The molecule has 170 valence electrons. The van der Waals surface area contributed by atoms with Gasteiger partial charge in [0.05, 0.1) is 12.2 Å². The Morgan fingerprint density at radius 1 is 1.00 bits per heavy atom. The summed E-state index contributed by atoms with van der Waals surface area (Å²) in [7, 11) is 0. The van der Waals surface area contributed by atoms with Gasteiger partial charge in [0.1, 0.15) is 11.4 Å². The molecule has 2 aliphatic rings. The van der Waals surface area contributed by atoms with E-state index in [2.05, 4.69) is 34.6 Å². The highest BCUT2D eigenvalue weighted by Gasteiger charge is 2.37. The molecular weight excluding hydrogens is 428 g/mol. The third-order valence-corrected chi connectivity index (χ3v) is 6.74. The first-order valence-electron chi connectivity index (χ1n) is 11.5. The maximum absolute atomic E-state index is 13.0. The van der Waals surface area contributed by atoms with Crippen LogP contribution in [0.5, 0.6) is 5.75 Å². The predicted molar refractivity (Wildman–Crippen MR) is 128 cm³/mol. The number of hydrogen-bond donors (Lipinski definition) is 2. The Kier molecular flexibility index (Phi) is 4.83. The molecule has 0 saturated heterocycles. The van der Waals surface area contributed by atoms with Gasteiger partial charge in [-0.3, -0.25) is 9.59 Å². The molecule has 1 aliphatic heterocycles. The maximum Gasteiger partial charge on any atom is 0.269 e. The first-order chi connectivity index (χ1) is 16.6. The normalized spacial score (nSPS) is 16.7. The summed E-state index contributed by atoms with van der Waals surface area (Å²) in [4.78, 5) is 29.9. The number of carbonyl (C=O) groups excluding carboxylic acids is 1. The number of aromatic hydroxyl groups is 1. The van der Waals surface area contributed by atoms with Gasteiger partial charge in [0.25, 0.3) is 5.91 Å². The van der Waals surface area contributed by atoms with E-state index in [1.165, 1.54) is 12.3 Å². The van der Waals surface area contributed by atoms with Crippen molar-refractivity contribution in [2.45, 2.75) is 37.4 Å². The molecule has 34 heavy (non-hydrogen) atoms. The van der Waals surface area contributed by atoms with E-state index in [9.17, 15) is 14.7 Å². The molecule has 1 aliphatic carbocycles. The number of aromatic nitrogens is 3. The second-order valence-corrected chi connectivity index (χ2v) is 8.98. The number of carbonyl (C=O) groups is 1. The van der Waals surface area contributed by atoms with Crippen LogP contribution in [0.2, 0.25) is 0 Å². The van der Waals surface area contributed by atoms with Crippen molar-refractivity contribution in [2.24, 2.45) is 0 Å². The fraction of sp³-hybridized carbons (Fsp3) is 0.222. The highest BCUT2D eigenvalue weighted by atomic mass is 16.3. The molecular formula is C27H24N4O3. The Morgan fingerprint density at radius 2 is 1.65 bits per heavy atom. The smallest absolute Gasteiger partial charge is 0.269 e. The average Bonchev–Trinajstić information content (AvgIpc) is 3.58. The Morgan fingerprint density at radius 3 is 2.26 bits per heavy atom. The van der Waals surface area contributed by atoms with Crippen molar-refractivity contribution >= 4 is 5.91 Å². The molecule has 2 aromatic carbocycles. The van der Waals surface area contributed by atoms with E-state index in [1.807, 2.05) is 45.5 Å². The van der Waals surface area contributed by atoms with Crippen LogP contribution in [-0.4, -0.2) is 31.2 Å². The molecule has 0 spiro atoms. The molecule has 3 heterocycles. The quantitative estimate of drug-likeness (QED) is 0.483. The van der Waals surface area contributed by atoms with Gasteiger partial charge in [-0.1, -0.05) is 60.7 Å². The summed E-state index contributed by atoms with van der Waals surface area (Å²) in [6.45, 7) is 0.465. The highest BCUT2D eigenvalue weighted by molar-refractivity contribution is 5.93. The summed E-state index contributed by atoms with van der Waals surface area (Å²) in [6, 6.07) is 21.7. The van der Waals surface area contributed by atoms with Crippen LogP contribution in [0.15, 0.2) is 83.9 Å². The molecule has 1 fully saturated rings. The molecule has 0 radical (unpaired) electrons. The van der Waals surface area contributed by atoms with Crippen molar-refractivity contribution in [1.29, 1.82) is 0 Å². The predicted octanol–water partition coefficient (Wildman–Crippen LogP) is 3.70. The van der Waals surface area contributed by atoms with Gasteiger partial charge in [-0.2, -0.15) is 0 Å². The van der Waals surface area contributed by atoms with Crippen LogP contribution < -0.4 is 10.7 Å². The van der Waals surface area contributed by atoms with Crippen molar-refractivity contribution < 1.29 is 9.90 Å². The van der Waals surface area contributed by atoms with E-state index >= 15 is 0 Å². The summed E-state index contributed by atoms with van der Waals surface area (Å²) in [5.74, 6) is -0.194. The topological polar surface area (TPSA) is 89.2 Å². The van der Waals surface area contributed by atoms with Gasteiger partial charge < -0.3 is 19.6 Å². The lowest BCUT2D eigenvalue weighted by Crippen LogP contribution is -2.34. The SMILES string of the molecule is O=C(NC1CC1)c1cnc2n1C[C@H](C(c1ccccc1)c1ccccc1)n1ccc(=O)c(O)c1-2. The average molecular weight is 453 g/mol. The number of rotatable bonds is 5. The van der Waals surface area contributed by atoms with Crippen molar-refractivity contribution in [2.75, 3.05) is 0 Å². The minimum Gasteiger partial charge on any atom is -0.503 e. The minimum absolute atomic E-state index is 0.0852. The zero-order chi connectivity index (χ0) is 23.2. The number of imidazole rings is 1. The standard InChI is InChI=1S/C27H24N4O3/c32-22-13-14-30-21(23(17-7-3-1-4-8-17)18-9-5-2-6-10-18)16-31-20(27(34)29-19-11-12-19)15-28-26(31)24(30)25(22)33/h1-10,13-15,19,21,23,33H,11-12,16H2,(H,29,34)/t21-/m1/s1. The van der Waals surface area contributed by atoms with Gasteiger partial charge in [0.2, 0.25) is 5.43 Å². The van der Waals surface area contributed by atoms with Crippen LogP contribution in [0.25, 0.3) is 11.5 Å². The van der Waals surface area contributed by atoms with E-state index in [4.69, 9.17) is 0 Å². The van der Waals surface area contributed by atoms with Gasteiger partial charge in [0.15, 0.2) is 11.6 Å². The van der Waals surface area contributed by atoms with E-state index in [-0.39, 0.29) is 29.7 Å². The Balaban J connectivity index is 1.55. The summed E-state index contributed by atoms with van der Waals surface area (Å²) in [6.07, 6.45) is 5.23.